The molecule has 0 saturated heterocycles. The monoisotopic (exact) mass is 247 g/mol. The number of hydrogen-bond acceptors (Lipinski definition) is 3. The number of ether oxygens (including phenoxy) is 1. The smallest absolute Gasteiger partial charge is 0.328 e. The lowest BCUT2D eigenvalue weighted by Crippen LogP contribution is -2.22. The van der Waals surface area contributed by atoms with E-state index in [1.54, 1.807) is 35.7 Å². The van der Waals surface area contributed by atoms with Gasteiger partial charge in [-0.2, -0.15) is 0 Å². The van der Waals surface area contributed by atoms with Crippen LogP contribution in [-0.2, 0) is 20.1 Å². The van der Waals surface area contributed by atoms with Gasteiger partial charge in [-0.15, -0.1) is 0 Å². The van der Waals surface area contributed by atoms with Crippen LogP contribution in [0.15, 0.2) is 35.4 Å². The molecule has 2 aromatic rings. The van der Waals surface area contributed by atoms with E-state index in [1.807, 2.05) is 18.2 Å². The van der Waals surface area contributed by atoms with Crippen molar-refractivity contribution in [1.29, 1.82) is 0 Å². The molecule has 0 bridgehead atoms. The van der Waals surface area contributed by atoms with E-state index in [4.69, 9.17) is 10.5 Å². The van der Waals surface area contributed by atoms with Crippen LogP contribution in [-0.4, -0.2) is 16.2 Å². The van der Waals surface area contributed by atoms with Gasteiger partial charge in [-0.1, -0.05) is 6.07 Å². The second kappa shape index (κ2) is 5.10. The van der Waals surface area contributed by atoms with E-state index < -0.39 is 0 Å². The fourth-order valence-electron chi connectivity index (χ4n) is 1.92. The quantitative estimate of drug-likeness (QED) is 0.865. The SMILES string of the molecule is COc1ccc(Cn2ccn(C)c2=O)cc1CN. The number of hydrogen-bond donors (Lipinski definition) is 1. The van der Waals surface area contributed by atoms with Crippen molar-refractivity contribution < 1.29 is 4.74 Å². The highest BCUT2D eigenvalue weighted by molar-refractivity contribution is 5.37. The third kappa shape index (κ3) is 2.31. The van der Waals surface area contributed by atoms with Gasteiger partial charge in [-0.3, -0.25) is 4.57 Å². The van der Waals surface area contributed by atoms with E-state index >= 15 is 0 Å². The zero-order valence-electron chi connectivity index (χ0n) is 10.6. The summed E-state index contributed by atoms with van der Waals surface area (Å²) < 4.78 is 8.42. The maximum Gasteiger partial charge on any atom is 0.328 e. The molecular formula is C13H17N3O2. The summed E-state index contributed by atoms with van der Waals surface area (Å²) in [6.45, 7) is 0.956. The van der Waals surface area contributed by atoms with Gasteiger partial charge in [0.25, 0.3) is 0 Å². The minimum Gasteiger partial charge on any atom is -0.496 e. The van der Waals surface area contributed by atoms with E-state index in [0.717, 1.165) is 16.9 Å². The molecule has 0 spiro atoms. The Morgan fingerprint density at radius 1 is 1.33 bits per heavy atom. The lowest BCUT2D eigenvalue weighted by molar-refractivity contribution is 0.409. The Labute approximate surface area is 105 Å². The maximum absolute atomic E-state index is 11.7. The summed E-state index contributed by atoms with van der Waals surface area (Å²) in [6.07, 6.45) is 3.52. The van der Waals surface area contributed by atoms with Crippen molar-refractivity contribution in [3.8, 4) is 5.75 Å². The average Bonchev–Trinajstić information content (AvgIpc) is 2.70. The number of benzene rings is 1. The van der Waals surface area contributed by atoms with Crippen LogP contribution in [0.4, 0.5) is 0 Å². The maximum atomic E-state index is 11.7. The number of rotatable bonds is 4. The topological polar surface area (TPSA) is 62.2 Å². The first-order valence-corrected chi connectivity index (χ1v) is 5.73. The van der Waals surface area contributed by atoms with Crippen LogP contribution in [0.1, 0.15) is 11.1 Å². The van der Waals surface area contributed by atoms with Crippen LogP contribution < -0.4 is 16.2 Å². The first-order valence-electron chi connectivity index (χ1n) is 5.73. The zero-order chi connectivity index (χ0) is 13.1. The number of nitrogens with zero attached hydrogens (tertiary/aromatic N) is 2. The predicted octanol–water partition coefficient (Wildman–Crippen LogP) is 0.702. The number of imidazole rings is 1. The van der Waals surface area contributed by atoms with E-state index in [9.17, 15) is 4.79 Å². The second-order valence-corrected chi connectivity index (χ2v) is 4.17. The molecule has 1 aromatic carbocycles. The van der Waals surface area contributed by atoms with Crippen molar-refractivity contribution in [3.05, 3.63) is 52.2 Å². The molecule has 0 atom stereocenters. The molecule has 0 aliphatic rings. The number of aromatic nitrogens is 2. The Morgan fingerprint density at radius 3 is 2.67 bits per heavy atom. The van der Waals surface area contributed by atoms with E-state index in [-0.39, 0.29) is 5.69 Å². The van der Waals surface area contributed by atoms with Gasteiger partial charge >= 0.3 is 5.69 Å². The number of aryl methyl sites for hydroxylation is 1. The Bertz CT molecular complexity index is 599. The summed E-state index contributed by atoms with van der Waals surface area (Å²) in [5.41, 5.74) is 7.62. The molecule has 0 aliphatic heterocycles. The van der Waals surface area contributed by atoms with Crippen LogP contribution in [0.5, 0.6) is 5.75 Å². The van der Waals surface area contributed by atoms with Gasteiger partial charge < -0.3 is 15.0 Å². The molecule has 5 nitrogen and oxygen atoms in total. The van der Waals surface area contributed by atoms with Gasteiger partial charge in [-0.05, 0) is 17.7 Å². The number of nitrogens with two attached hydrogens (primary N) is 1. The molecule has 1 heterocycles. The molecule has 0 saturated carbocycles. The Hall–Kier alpha value is -2.01. The fourth-order valence-corrected chi connectivity index (χ4v) is 1.92. The summed E-state index contributed by atoms with van der Waals surface area (Å²) in [5, 5.41) is 0. The van der Waals surface area contributed by atoms with Crippen molar-refractivity contribution in [2.75, 3.05) is 7.11 Å². The van der Waals surface area contributed by atoms with Crippen molar-refractivity contribution in [2.45, 2.75) is 13.1 Å². The minimum atomic E-state index is -0.0277. The Kier molecular flexibility index (Phi) is 3.53. The predicted molar refractivity (Wildman–Crippen MR) is 69.7 cm³/mol. The summed E-state index contributed by atoms with van der Waals surface area (Å²) in [6, 6.07) is 5.79. The third-order valence-electron chi connectivity index (χ3n) is 2.94. The van der Waals surface area contributed by atoms with Crippen molar-refractivity contribution >= 4 is 0 Å². The molecule has 2 N–H and O–H groups in total. The summed E-state index contributed by atoms with van der Waals surface area (Å²) >= 11 is 0. The number of methoxy groups -OCH3 is 1. The van der Waals surface area contributed by atoms with E-state index in [2.05, 4.69) is 0 Å². The normalized spacial score (nSPS) is 10.6. The fraction of sp³-hybridized carbons (Fsp3) is 0.308. The van der Waals surface area contributed by atoms with Gasteiger partial charge in [-0.25, -0.2) is 4.79 Å². The minimum absolute atomic E-state index is 0.0277. The molecule has 0 amide bonds. The first kappa shape index (κ1) is 12.4. The highest BCUT2D eigenvalue weighted by Crippen LogP contribution is 2.19. The lowest BCUT2D eigenvalue weighted by atomic mass is 10.1. The highest BCUT2D eigenvalue weighted by atomic mass is 16.5. The largest absolute Gasteiger partial charge is 0.496 e. The van der Waals surface area contributed by atoms with Crippen LogP contribution in [0.25, 0.3) is 0 Å². The van der Waals surface area contributed by atoms with Crippen molar-refractivity contribution in [3.63, 3.8) is 0 Å². The molecule has 0 fully saturated rings. The molecule has 0 aliphatic carbocycles. The molecule has 1 aromatic heterocycles. The van der Waals surface area contributed by atoms with E-state index in [1.165, 1.54) is 0 Å². The van der Waals surface area contributed by atoms with Crippen molar-refractivity contribution in [2.24, 2.45) is 12.8 Å². The van der Waals surface area contributed by atoms with Crippen LogP contribution in [0.2, 0.25) is 0 Å². The van der Waals surface area contributed by atoms with Crippen LogP contribution in [0.3, 0.4) is 0 Å². The first-order chi connectivity index (χ1) is 8.65. The molecule has 2 rings (SSSR count). The zero-order valence-corrected chi connectivity index (χ0v) is 10.6. The van der Waals surface area contributed by atoms with Gasteiger partial charge in [0.2, 0.25) is 0 Å². The van der Waals surface area contributed by atoms with Crippen LogP contribution in [0, 0.1) is 0 Å². The van der Waals surface area contributed by atoms with Gasteiger partial charge in [0.15, 0.2) is 0 Å². The lowest BCUT2D eigenvalue weighted by Gasteiger charge is -2.09. The second-order valence-electron chi connectivity index (χ2n) is 4.17. The molecule has 96 valence electrons. The van der Waals surface area contributed by atoms with Crippen molar-refractivity contribution in [1.82, 2.24) is 9.13 Å². The van der Waals surface area contributed by atoms with Crippen LogP contribution >= 0.6 is 0 Å². The summed E-state index contributed by atoms with van der Waals surface area (Å²) in [5.74, 6) is 0.779. The van der Waals surface area contributed by atoms with E-state index in [0.29, 0.717) is 13.1 Å². The standard InChI is InChI=1S/C13H17N3O2/c1-15-5-6-16(13(15)17)9-10-3-4-12(18-2)11(7-10)8-14/h3-7H,8-9,14H2,1-2H3. The molecule has 0 unspecified atom stereocenters. The van der Waals surface area contributed by atoms with Gasteiger partial charge in [0.1, 0.15) is 5.75 Å². The van der Waals surface area contributed by atoms with Gasteiger partial charge in [0.05, 0.1) is 13.7 Å². The summed E-state index contributed by atoms with van der Waals surface area (Å²) in [4.78, 5) is 11.7. The molecule has 5 heteroatoms. The Balaban J connectivity index is 2.30. The average molecular weight is 247 g/mol. The van der Waals surface area contributed by atoms with Gasteiger partial charge in [0, 0.05) is 31.5 Å². The molecule has 0 radical (unpaired) electrons. The molecular weight excluding hydrogens is 230 g/mol. The summed E-state index contributed by atoms with van der Waals surface area (Å²) in [7, 11) is 3.36. The molecule has 18 heavy (non-hydrogen) atoms. The third-order valence-corrected chi connectivity index (χ3v) is 2.94. The highest BCUT2D eigenvalue weighted by Gasteiger charge is 2.05. The Morgan fingerprint density at radius 2 is 2.11 bits per heavy atom.